The molecule has 2 heterocycles. The molecule has 2 atom stereocenters. The van der Waals surface area contributed by atoms with Crippen LogP contribution in [0.2, 0.25) is 0 Å². The van der Waals surface area contributed by atoms with Gasteiger partial charge in [-0.3, -0.25) is 4.68 Å². The van der Waals surface area contributed by atoms with E-state index in [1.165, 1.54) is 19.3 Å². The quantitative estimate of drug-likeness (QED) is 0.760. The lowest BCUT2D eigenvalue weighted by atomic mass is 10.00. The lowest BCUT2D eigenvalue weighted by Crippen LogP contribution is -2.33. The number of ether oxygens (including phenoxy) is 1. The Bertz CT molecular complexity index is 387. The number of aromatic nitrogens is 3. The van der Waals surface area contributed by atoms with Crippen LogP contribution in [0.25, 0.3) is 0 Å². The minimum absolute atomic E-state index is 0.466. The summed E-state index contributed by atoms with van der Waals surface area (Å²) in [5.74, 6) is 1.10. The van der Waals surface area contributed by atoms with Crippen molar-refractivity contribution < 1.29 is 4.74 Å². The van der Waals surface area contributed by atoms with E-state index in [1.54, 1.807) is 6.33 Å². The van der Waals surface area contributed by atoms with Crippen molar-refractivity contribution in [3.05, 3.63) is 12.2 Å². The predicted molar refractivity (Wildman–Crippen MR) is 84.3 cm³/mol. The van der Waals surface area contributed by atoms with Crippen LogP contribution in [0.4, 0.5) is 0 Å². The van der Waals surface area contributed by atoms with Crippen molar-refractivity contribution in [2.75, 3.05) is 13.2 Å². The Morgan fingerprint density at radius 1 is 1.43 bits per heavy atom. The van der Waals surface area contributed by atoms with Gasteiger partial charge in [0.25, 0.3) is 0 Å². The number of nitrogens with zero attached hydrogens (tertiary/aromatic N) is 3. The monoisotopic (exact) mass is 294 g/mol. The molecule has 1 aromatic heterocycles. The van der Waals surface area contributed by atoms with E-state index in [-0.39, 0.29) is 0 Å². The van der Waals surface area contributed by atoms with Crippen LogP contribution in [0.3, 0.4) is 0 Å². The summed E-state index contributed by atoms with van der Waals surface area (Å²) in [5.41, 5.74) is 0. The van der Waals surface area contributed by atoms with E-state index in [2.05, 4.69) is 29.2 Å². The van der Waals surface area contributed by atoms with Gasteiger partial charge in [0, 0.05) is 25.6 Å². The Hall–Kier alpha value is -0.940. The molecular formula is C16H30N4O. The van der Waals surface area contributed by atoms with Gasteiger partial charge in [0.1, 0.15) is 12.2 Å². The summed E-state index contributed by atoms with van der Waals surface area (Å²) in [6.07, 6.45) is 10.3. The van der Waals surface area contributed by atoms with Gasteiger partial charge < -0.3 is 10.1 Å². The normalized spacial score (nSPS) is 20.6. The molecule has 0 bridgehead atoms. The van der Waals surface area contributed by atoms with Gasteiger partial charge in [-0.1, -0.05) is 13.8 Å². The molecule has 5 nitrogen and oxygen atoms in total. The highest BCUT2D eigenvalue weighted by Gasteiger charge is 2.18. The summed E-state index contributed by atoms with van der Waals surface area (Å²) in [6.45, 7) is 7.24. The molecule has 0 saturated carbocycles. The second-order valence-electron chi connectivity index (χ2n) is 5.92. The van der Waals surface area contributed by atoms with Crippen molar-refractivity contribution in [3.63, 3.8) is 0 Å². The molecule has 1 aromatic rings. The van der Waals surface area contributed by atoms with Crippen molar-refractivity contribution in [2.24, 2.45) is 0 Å². The molecule has 120 valence electrons. The molecule has 1 N–H and O–H groups in total. The fourth-order valence-corrected chi connectivity index (χ4v) is 3.05. The second-order valence-corrected chi connectivity index (χ2v) is 5.92. The molecule has 2 unspecified atom stereocenters. The highest BCUT2D eigenvalue weighted by molar-refractivity contribution is 4.90. The average molecular weight is 294 g/mol. The number of hydrogen-bond donors (Lipinski definition) is 1. The van der Waals surface area contributed by atoms with E-state index in [0.717, 1.165) is 51.2 Å². The number of rotatable bonds is 9. The van der Waals surface area contributed by atoms with Crippen LogP contribution in [0.1, 0.15) is 58.2 Å². The second kappa shape index (κ2) is 9.15. The fraction of sp³-hybridized carbons (Fsp3) is 0.875. The summed E-state index contributed by atoms with van der Waals surface area (Å²) in [6, 6.07) is 0.473. The van der Waals surface area contributed by atoms with E-state index < -0.39 is 0 Å². The van der Waals surface area contributed by atoms with E-state index in [9.17, 15) is 0 Å². The van der Waals surface area contributed by atoms with Crippen LogP contribution in [-0.2, 0) is 17.7 Å². The van der Waals surface area contributed by atoms with Gasteiger partial charge in [-0.05, 0) is 45.1 Å². The molecule has 1 aliphatic heterocycles. The molecule has 0 radical (unpaired) electrons. The Balaban J connectivity index is 1.84. The lowest BCUT2D eigenvalue weighted by Gasteiger charge is -2.25. The van der Waals surface area contributed by atoms with E-state index in [0.29, 0.717) is 12.1 Å². The van der Waals surface area contributed by atoms with Crippen LogP contribution in [0.5, 0.6) is 0 Å². The molecule has 5 heteroatoms. The van der Waals surface area contributed by atoms with E-state index in [4.69, 9.17) is 4.74 Å². The zero-order valence-corrected chi connectivity index (χ0v) is 13.6. The largest absolute Gasteiger partial charge is 0.378 e. The number of nitrogens with one attached hydrogen (secondary N) is 1. The smallest absolute Gasteiger partial charge is 0.138 e. The Kier molecular flexibility index (Phi) is 7.16. The summed E-state index contributed by atoms with van der Waals surface area (Å²) in [4.78, 5) is 4.43. The molecule has 21 heavy (non-hydrogen) atoms. The van der Waals surface area contributed by atoms with Crippen LogP contribution < -0.4 is 5.32 Å². The molecule has 1 fully saturated rings. The molecule has 0 spiro atoms. The first-order valence-electron chi connectivity index (χ1n) is 8.55. The van der Waals surface area contributed by atoms with Gasteiger partial charge in [0.15, 0.2) is 0 Å². The van der Waals surface area contributed by atoms with E-state index in [1.807, 2.05) is 4.68 Å². The minimum atomic E-state index is 0.466. The van der Waals surface area contributed by atoms with Gasteiger partial charge >= 0.3 is 0 Å². The van der Waals surface area contributed by atoms with Crippen LogP contribution >= 0.6 is 0 Å². The van der Waals surface area contributed by atoms with Crippen LogP contribution in [0, 0.1) is 0 Å². The molecule has 1 saturated heterocycles. The summed E-state index contributed by atoms with van der Waals surface area (Å²) in [5, 5.41) is 7.92. The molecular weight excluding hydrogens is 264 g/mol. The number of aryl methyl sites for hydroxylation is 1. The first-order chi connectivity index (χ1) is 10.3. The third-order valence-electron chi connectivity index (χ3n) is 4.16. The Labute approximate surface area is 128 Å². The van der Waals surface area contributed by atoms with Crippen molar-refractivity contribution >= 4 is 0 Å². The van der Waals surface area contributed by atoms with Gasteiger partial charge in [-0.2, -0.15) is 5.10 Å². The SMILES string of the molecule is CCCn1ncnc1CC(CCC1CCCCO1)NCC. The maximum Gasteiger partial charge on any atom is 0.138 e. The van der Waals surface area contributed by atoms with Crippen LogP contribution in [-0.4, -0.2) is 40.1 Å². The fourth-order valence-electron chi connectivity index (χ4n) is 3.05. The van der Waals surface area contributed by atoms with Gasteiger partial charge in [-0.25, -0.2) is 4.98 Å². The third-order valence-corrected chi connectivity index (χ3v) is 4.16. The van der Waals surface area contributed by atoms with Crippen LogP contribution in [0.15, 0.2) is 6.33 Å². The maximum atomic E-state index is 5.84. The molecule has 1 aliphatic rings. The number of hydrogen-bond acceptors (Lipinski definition) is 4. The number of likely N-dealkylation sites (N-methyl/N-ethyl adjacent to an activating group) is 1. The van der Waals surface area contributed by atoms with E-state index >= 15 is 0 Å². The first-order valence-corrected chi connectivity index (χ1v) is 8.55. The Morgan fingerprint density at radius 2 is 2.33 bits per heavy atom. The molecule has 0 amide bonds. The molecule has 0 aromatic carbocycles. The summed E-state index contributed by atoms with van der Waals surface area (Å²) < 4.78 is 7.89. The highest BCUT2D eigenvalue weighted by atomic mass is 16.5. The lowest BCUT2D eigenvalue weighted by molar-refractivity contribution is 0.00856. The van der Waals surface area contributed by atoms with Gasteiger partial charge in [0.05, 0.1) is 6.10 Å². The van der Waals surface area contributed by atoms with Crippen molar-refractivity contribution in [2.45, 2.75) is 77.5 Å². The first kappa shape index (κ1) is 16.4. The zero-order chi connectivity index (χ0) is 14.9. The predicted octanol–water partition coefficient (Wildman–Crippen LogP) is 2.56. The van der Waals surface area contributed by atoms with Crippen molar-refractivity contribution in [1.29, 1.82) is 0 Å². The van der Waals surface area contributed by atoms with Crippen molar-refractivity contribution in [3.8, 4) is 0 Å². The summed E-state index contributed by atoms with van der Waals surface area (Å²) in [7, 11) is 0. The molecule has 0 aliphatic carbocycles. The maximum absolute atomic E-state index is 5.84. The molecule has 2 rings (SSSR count). The topological polar surface area (TPSA) is 52.0 Å². The zero-order valence-electron chi connectivity index (χ0n) is 13.6. The Morgan fingerprint density at radius 3 is 3.05 bits per heavy atom. The summed E-state index contributed by atoms with van der Waals surface area (Å²) >= 11 is 0. The highest BCUT2D eigenvalue weighted by Crippen LogP contribution is 2.18. The third kappa shape index (κ3) is 5.40. The van der Waals surface area contributed by atoms with Crippen molar-refractivity contribution in [1.82, 2.24) is 20.1 Å². The minimum Gasteiger partial charge on any atom is -0.378 e. The van der Waals surface area contributed by atoms with Gasteiger partial charge in [0.2, 0.25) is 0 Å². The average Bonchev–Trinajstić information content (AvgIpc) is 2.94. The standard InChI is InChI=1S/C16H30N4O/c1-3-10-20-16(18-13-19-20)12-14(17-4-2)8-9-15-7-5-6-11-21-15/h13-15,17H,3-12H2,1-2H3. The van der Waals surface area contributed by atoms with Gasteiger partial charge in [-0.15, -0.1) is 0 Å².